The lowest BCUT2D eigenvalue weighted by Crippen LogP contribution is -2.31. The Hall–Kier alpha value is -3.12. The van der Waals surface area contributed by atoms with E-state index in [0.717, 1.165) is 16.3 Å². The lowest BCUT2D eigenvalue weighted by Gasteiger charge is -2.23. The Morgan fingerprint density at radius 1 is 1.00 bits per heavy atom. The van der Waals surface area contributed by atoms with E-state index >= 15 is 0 Å². The standard InChI is InChI=1S/C23H23NO4S/c1-16(25)17-6-11-22(28-3)18(13-17)14-23(26)24(15-21-5-4-12-29-21)19-7-9-20(27-2)10-8-19/h4-13H,14-15H2,1-3H3. The van der Waals surface area contributed by atoms with Gasteiger partial charge in [0.15, 0.2) is 5.78 Å². The smallest absolute Gasteiger partial charge is 0.231 e. The Morgan fingerprint density at radius 3 is 2.34 bits per heavy atom. The zero-order valence-corrected chi connectivity index (χ0v) is 17.5. The topological polar surface area (TPSA) is 55.8 Å². The summed E-state index contributed by atoms with van der Waals surface area (Å²) in [7, 11) is 3.17. The Balaban J connectivity index is 1.92. The van der Waals surface area contributed by atoms with Crippen LogP contribution in [0.3, 0.4) is 0 Å². The fourth-order valence-corrected chi connectivity index (χ4v) is 3.73. The van der Waals surface area contributed by atoms with Crippen LogP contribution in [-0.4, -0.2) is 25.9 Å². The van der Waals surface area contributed by atoms with Gasteiger partial charge >= 0.3 is 0 Å². The number of Topliss-reactive ketones (excluding diaryl/α,β-unsaturated/α-hetero) is 1. The van der Waals surface area contributed by atoms with E-state index in [9.17, 15) is 9.59 Å². The molecular formula is C23H23NO4S. The number of thiophene rings is 1. The molecule has 0 fully saturated rings. The maximum atomic E-state index is 13.3. The average Bonchev–Trinajstić information content (AvgIpc) is 3.25. The molecule has 0 saturated carbocycles. The Kier molecular flexibility index (Phi) is 6.67. The summed E-state index contributed by atoms with van der Waals surface area (Å²) in [5.74, 6) is 1.19. The fourth-order valence-electron chi connectivity index (χ4n) is 3.04. The van der Waals surface area contributed by atoms with Crippen LogP contribution in [0, 0.1) is 0 Å². The summed E-state index contributed by atoms with van der Waals surface area (Å²) in [6.07, 6.45) is 0.127. The first-order chi connectivity index (χ1) is 14.0. The molecule has 0 radical (unpaired) electrons. The van der Waals surface area contributed by atoms with Crippen LogP contribution in [0.4, 0.5) is 5.69 Å². The molecule has 0 unspecified atom stereocenters. The fraction of sp³-hybridized carbons (Fsp3) is 0.217. The number of methoxy groups -OCH3 is 2. The van der Waals surface area contributed by atoms with Gasteiger partial charge in [-0.3, -0.25) is 9.59 Å². The molecule has 2 aromatic carbocycles. The van der Waals surface area contributed by atoms with Crippen molar-refractivity contribution in [2.45, 2.75) is 19.9 Å². The molecule has 0 bridgehead atoms. The SMILES string of the molecule is COc1ccc(N(Cc2cccs2)C(=O)Cc2cc(C(C)=O)ccc2OC)cc1. The van der Waals surface area contributed by atoms with Crippen molar-refractivity contribution < 1.29 is 19.1 Å². The van der Waals surface area contributed by atoms with E-state index in [-0.39, 0.29) is 18.1 Å². The van der Waals surface area contributed by atoms with Crippen molar-refractivity contribution in [3.05, 3.63) is 76.0 Å². The average molecular weight is 410 g/mol. The molecular weight excluding hydrogens is 386 g/mol. The number of amides is 1. The second kappa shape index (κ2) is 9.39. The Morgan fingerprint density at radius 2 is 1.76 bits per heavy atom. The van der Waals surface area contributed by atoms with Crippen molar-refractivity contribution in [3.63, 3.8) is 0 Å². The molecule has 0 aliphatic rings. The molecule has 29 heavy (non-hydrogen) atoms. The number of hydrogen-bond acceptors (Lipinski definition) is 5. The third kappa shape index (κ3) is 5.03. The first-order valence-electron chi connectivity index (χ1n) is 9.16. The van der Waals surface area contributed by atoms with Gasteiger partial charge in [0.25, 0.3) is 0 Å². The summed E-state index contributed by atoms with van der Waals surface area (Å²) < 4.78 is 10.6. The molecule has 3 aromatic rings. The van der Waals surface area contributed by atoms with Gasteiger partial charge in [0.05, 0.1) is 27.2 Å². The van der Waals surface area contributed by atoms with Crippen molar-refractivity contribution in [1.29, 1.82) is 0 Å². The number of benzene rings is 2. The van der Waals surface area contributed by atoms with Crippen LogP contribution in [0.25, 0.3) is 0 Å². The van der Waals surface area contributed by atoms with E-state index in [1.54, 1.807) is 48.7 Å². The molecule has 6 heteroatoms. The normalized spacial score (nSPS) is 10.4. The maximum Gasteiger partial charge on any atom is 0.231 e. The van der Waals surface area contributed by atoms with Crippen LogP contribution in [0.15, 0.2) is 60.0 Å². The van der Waals surface area contributed by atoms with Gasteiger partial charge in [0.1, 0.15) is 11.5 Å². The van der Waals surface area contributed by atoms with Crippen molar-refractivity contribution in [3.8, 4) is 11.5 Å². The third-order valence-electron chi connectivity index (χ3n) is 4.61. The molecule has 0 spiro atoms. The maximum absolute atomic E-state index is 13.3. The number of carbonyl (C=O) groups excluding carboxylic acids is 2. The first kappa shape index (κ1) is 20.6. The van der Waals surface area contributed by atoms with Crippen LogP contribution in [0.1, 0.15) is 27.7 Å². The number of nitrogens with zero attached hydrogens (tertiary/aromatic N) is 1. The zero-order chi connectivity index (χ0) is 20.8. The largest absolute Gasteiger partial charge is 0.497 e. The molecule has 3 rings (SSSR count). The highest BCUT2D eigenvalue weighted by atomic mass is 32.1. The van der Waals surface area contributed by atoms with Gasteiger partial charge < -0.3 is 14.4 Å². The van der Waals surface area contributed by atoms with Crippen molar-refractivity contribution in [2.24, 2.45) is 0 Å². The Labute approximate surface area is 174 Å². The number of carbonyl (C=O) groups is 2. The number of anilines is 1. The predicted molar refractivity (Wildman–Crippen MR) is 115 cm³/mol. The molecule has 1 amide bonds. The monoisotopic (exact) mass is 409 g/mol. The van der Waals surface area contributed by atoms with Crippen molar-refractivity contribution >= 4 is 28.7 Å². The van der Waals surface area contributed by atoms with Crippen molar-refractivity contribution in [2.75, 3.05) is 19.1 Å². The van der Waals surface area contributed by atoms with Gasteiger partial charge in [-0.2, -0.15) is 0 Å². The first-order valence-corrected chi connectivity index (χ1v) is 10.0. The molecule has 0 atom stereocenters. The number of rotatable bonds is 8. The van der Waals surface area contributed by atoms with Gasteiger partial charge in [-0.25, -0.2) is 0 Å². The van der Waals surface area contributed by atoms with Gasteiger partial charge in [0, 0.05) is 21.7 Å². The van der Waals surface area contributed by atoms with E-state index in [1.165, 1.54) is 6.92 Å². The third-order valence-corrected chi connectivity index (χ3v) is 5.47. The van der Waals surface area contributed by atoms with Crippen LogP contribution >= 0.6 is 11.3 Å². The summed E-state index contributed by atoms with van der Waals surface area (Å²) in [5, 5.41) is 1.99. The highest BCUT2D eigenvalue weighted by Crippen LogP contribution is 2.26. The highest BCUT2D eigenvalue weighted by molar-refractivity contribution is 7.09. The summed E-state index contributed by atoms with van der Waals surface area (Å²) in [6, 6.07) is 16.6. The summed E-state index contributed by atoms with van der Waals surface area (Å²) in [5.41, 5.74) is 2.03. The second-order valence-electron chi connectivity index (χ2n) is 6.52. The number of ether oxygens (including phenoxy) is 2. The van der Waals surface area contributed by atoms with E-state index in [2.05, 4.69) is 0 Å². The highest BCUT2D eigenvalue weighted by Gasteiger charge is 2.20. The van der Waals surface area contributed by atoms with Crippen LogP contribution in [0.2, 0.25) is 0 Å². The number of hydrogen-bond donors (Lipinski definition) is 0. The van der Waals surface area contributed by atoms with Gasteiger partial charge in [0.2, 0.25) is 5.91 Å². The van der Waals surface area contributed by atoms with Crippen molar-refractivity contribution in [1.82, 2.24) is 0 Å². The van der Waals surface area contributed by atoms with Gasteiger partial charge in [-0.05, 0) is 60.8 Å². The van der Waals surface area contributed by atoms with E-state index < -0.39 is 0 Å². The van der Waals surface area contributed by atoms with E-state index in [0.29, 0.717) is 23.4 Å². The summed E-state index contributed by atoms with van der Waals surface area (Å²) >= 11 is 1.60. The van der Waals surface area contributed by atoms with Crippen LogP contribution in [0.5, 0.6) is 11.5 Å². The van der Waals surface area contributed by atoms with Gasteiger partial charge in [-0.15, -0.1) is 11.3 Å². The van der Waals surface area contributed by atoms with E-state index in [4.69, 9.17) is 9.47 Å². The molecule has 5 nitrogen and oxygen atoms in total. The summed E-state index contributed by atoms with van der Waals surface area (Å²) in [4.78, 5) is 27.9. The molecule has 150 valence electrons. The Bertz CT molecular complexity index is 981. The lowest BCUT2D eigenvalue weighted by atomic mass is 10.0. The van der Waals surface area contributed by atoms with Gasteiger partial charge in [-0.1, -0.05) is 6.07 Å². The molecule has 0 aliphatic heterocycles. The van der Waals surface area contributed by atoms with E-state index in [1.807, 2.05) is 41.8 Å². The molecule has 0 aliphatic carbocycles. The quantitative estimate of drug-likeness (QED) is 0.504. The number of ketones is 1. The summed E-state index contributed by atoms with van der Waals surface area (Å²) in [6.45, 7) is 1.98. The molecule has 1 heterocycles. The zero-order valence-electron chi connectivity index (χ0n) is 16.7. The molecule has 1 aromatic heterocycles. The molecule has 0 N–H and O–H groups in total. The van der Waals surface area contributed by atoms with Crippen LogP contribution < -0.4 is 14.4 Å². The molecule has 0 saturated heterocycles. The van der Waals surface area contributed by atoms with Crippen LogP contribution in [-0.2, 0) is 17.8 Å². The minimum atomic E-state index is -0.0810. The minimum absolute atomic E-state index is 0.0491. The second-order valence-corrected chi connectivity index (χ2v) is 7.55. The lowest BCUT2D eigenvalue weighted by molar-refractivity contribution is -0.118. The predicted octanol–water partition coefficient (Wildman–Crippen LogP) is 4.74. The minimum Gasteiger partial charge on any atom is -0.497 e.